The van der Waals surface area contributed by atoms with Crippen molar-refractivity contribution >= 4 is 34.0 Å². The van der Waals surface area contributed by atoms with Crippen LogP contribution in [0.1, 0.15) is 33.4 Å². The molecule has 0 saturated carbocycles. The van der Waals surface area contributed by atoms with Gasteiger partial charge in [0, 0.05) is 0 Å². The lowest BCUT2D eigenvalue weighted by Gasteiger charge is -2.28. The van der Waals surface area contributed by atoms with Crippen molar-refractivity contribution in [3.8, 4) is 0 Å². The van der Waals surface area contributed by atoms with Gasteiger partial charge >= 0.3 is 0 Å². The number of hydrogen-bond acceptors (Lipinski definition) is 0. The number of halogens is 1. The van der Waals surface area contributed by atoms with Crippen LogP contribution in [-0.4, -0.2) is 7.38 Å². The molecule has 6 aromatic rings. The van der Waals surface area contributed by atoms with E-state index < -0.39 is 7.38 Å². The Morgan fingerprint density at radius 1 is 0.317 bits per heavy atom. The Balaban J connectivity index is 1.44. The van der Waals surface area contributed by atoms with Crippen LogP contribution in [-0.2, 0) is 19.3 Å². The Morgan fingerprint density at radius 2 is 0.585 bits per heavy atom. The molecule has 6 aromatic carbocycles. The van der Waals surface area contributed by atoms with E-state index in [2.05, 4.69) is 164 Å². The summed E-state index contributed by atoms with van der Waals surface area (Å²) in [5.74, 6) is 0. The fraction of sp³-hybridized carbons (Fsp3) is 0.0769. The van der Waals surface area contributed by atoms with Gasteiger partial charge < -0.3 is 0 Å². The third kappa shape index (κ3) is 6.43. The summed E-state index contributed by atoms with van der Waals surface area (Å²) >= 11 is 8.08. The van der Waals surface area contributed by atoms with Crippen LogP contribution in [0.4, 0.5) is 0 Å². The first kappa shape index (κ1) is 27.0. The molecule has 0 saturated heterocycles. The van der Waals surface area contributed by atoms with Crippen LogP contribution in [0.5, 0.6) is 0 Å². The fourth-order valence-corrected chi connectivity index (χ4v) is 9.87. The molecule has 0 aromatic heterocycles. The van der Waals surface area contributed by atoms with Crippen LogP contribution >= 0.6 is 11.1 Å². The molecule has 0 bridgehead atoms. The summed E-state index contributed by atoms with van der Waals surface area (Å²) in [4.78, 5) is 0. The third-order valence-corrected chi connectivity index (χ3v) is 13.0. The van der Waals surface area contributed by atoms with Crippen molar-refractivity contribution in [1.29, 1.82) is 0 Å². The molecule has 0 aliphatic heterocycles. The van der Waals surface area contributed by atoms with Crippen LogP contribution < -0.4 is 15.6 Å². The zero-order chi connectivity index (χ0) is 27.9. The van der Waals surface area contributed by atoms with E-state index in [-0.39, 0.29) is 0 Å². The van der Waals surface area contributed by atoms with Gasteiger partial charge in [0.1, 0.15) is 0 Å². The molecule has 0 aliphatic rings. The SMILES string of the molecule is Cl[Si](c1cccc(Cc2ccccc2)c1)(c1cccc(Cc2ccccc2)c1)c1cccc(Cc2ccccc2)c1. The number of benzene rings is 6. The molecule has 200 valence electrons. The minimum atomic E-state index is -2.85. The van der Waals surface area contributed by atoms with Gasteiger partial charge in [0.05, 0.1) is 0 Å². The lowest BCUT2D eigenvalue weighted by atomic mass is 10.1. The van der Waals surface area contributed by atoms with Crippen molar-refractivity contribution in [2.24, 2.45) is 0 Å². The summed E-state index contributed by atoms with van der Waals surface area (Å²) in [5.41, 5.74) is 7.77. The molecular formula is C39H33ClSi. The zero-order valence-electron chi connectivity index (χ0n) is 23.1. The summed E-state index contributed by atoms with van der Waals surface area (Å²) in [5, 5.41) is 3.67. The molecule has 6 rings (SSSR count). The highest BCUT2D eigenvalue weighted by Crippen LogP contribution is 2.19. The van der Waals surface area contributed by atoms with E-state index in [9.17, 15) is 0 Å². The Kier molecular flexibility index (Phi) is 8.28. The van der Waals surface area contributed by atoms with Gasteiger partial charge in [-0.3, -0.25) is 0 Å². The smallest absolute Gasteiger partial charge is 0.149 e. The van der Waals surface area contributed by atoms with E-state index in [1.807, 2.05) is 0 Å². The van der Waals surface area contributed by atoms with Gasteiger partial charge in [0.2, 0.25) is 7.38 Å². The molecule has 0 radical (unpaired) electrons. The molecule has 0 spiro atoms. The molecule has 0 fully saturated rings. The standard InChI is InChI=1S/C39H33ClSi/c40-41(37-22-10-19-34(28-37)25-31-13-4-1-5-14-31,38-23-11-20-35(29-38)26-32-15-6-2-7-16-32)39-24-12-21-36(30-39)27-33-17-8-3-9-18-33/h1-24,28-30H,25-27H2. The average molecular weight is 565 g/mol. The second-order valence-electron chi connectivity index (χ2n) is 10.7. The molecule has 0 aliphatic carbocycles. The van der Waals surface area contributed by atoms with Gasteiger partial charge in [-0.2, -0.15) is 0 Å². The maximum atomic E-state index is 8.08. The fourth-order valence-electron chi connectivity index (χ4n) is 5.68. The van der Waals surface area contributed by atoms with E-state index in [1.54, 1.807) is 0 Å². The van der Waals surface area contributed by atoms with Crippen LogP contribution in [0.3, 0.4) is 0 Å². The Morgan fingerprint density at radius 3 is 0.878 bits per heavy atom. The predicted molar refractivity (Wildman–Crippen MR) is 178 cm³/mol. The highest BCUT2D eigenvalue weighted by Gasteiger charge is 2.38. The van der Waals surface area contributed by atoms with Crippen molar-refractivity contribution < 1.29 is 0 Å². The molecule has 0 heterocycles. The molecule has 0 unspecified atom stereocenters. The van der Waals surface area contributed by atoms with E-state index in [0.29, 0.717) is 0 Å². The second-order valence-corrected chi connectivity index (χ2v) is 15.5. The summed E-state index contributed by atoms with van der Waals surface area (Å²) in [7, 11) is -2.85. The van der Waals surface area contributed by atoms with Crippen LogP contribution in [0.15, 0.2) is 164 Å². The number of rotatable bonds is 9. The van der Waals surface area contributed by atoms with E-state index >= 15 is 0 Å². The molecule has 41 heavy (non-hydrogen) atoms. The maximum Gasteiger partial charge on any atom is 0.247 e. The monoisotopic (exact) mass is 564 g/mol. The molecular weight excluding hydrogens is 532 g/mol. The molecule has 2 heteroatoms. The summed E-state index contributed by atoms with van der Waals surface area (Å²) in [6.45, 7) is 0. The minimum absolute atomic E-state index is 0.887. The van der Waals surface area contributed by atoms with Crippen molar-refractivity contribution in [1.82, 2.24) is 0 Å². The largest absolute Gasteiger partial charge is 0.247 e. The summed E-state index contributed by atoms with van der Waals surface area (Å²) < 4.78 is 0. The first-order valence-electron chi connectivity index (χ1n) is 14.3. The summed E-state index contributed by atoms with van der Waals surface area (Å²) in [6.07, 6.45) is 2.66. The lowest BCUT2D eigenvalue weighted by molar-refractivity contribution is 1.19. The molecule has 0 nitrogen and oxygen atoms in total. The van der Waals surface area contributed by atoms with Gasteiger partial charge in [-0.05, 0) is 68.2 Å². The zero-order valence-corrected chi connectivity index (χ0v) is 24.8. The Labute approximate surface area is 249 Å². The van der Waals surface area contributed by atoms with Gasteiger partial charge in [-0.1, -0.05) is 164 Å². The first-order valence-corrected chi connectivity index (χ1v) is 17.3. The van der Waals surface area contributed by atoms with Crippen molar-refractivity contribution in [3.05, 3.63) is 197 Å². The topological polar surface area (TPSA) is 0 Å². The highest BCUT2D eigenvalue weighted by molar-refractivity contribution is 7.40. The van der Waals surface area contributed by atoms with E-state index in [1.165, 1.54) is 48.9 Å². The van der Waals surface area contributed by atoms with Crippen LogP contribution in [0, 0.1) is 0 Å². The van der Waals surface area contributed by atoms with Gasteiger partial charge in [0.15, 0.2) is 0 Å². The quantitative estimate of drug-likeness (QED) is 0.0960. The molecule has 0 atom stereocenters. The average Bonchev–Trinajstić information content (AvgIpc) is 3.03. The van der Waals surface area contributed by atoms with Gasteiger partial charge in [-0.25, -0.2) is 0 Å². The number of hydrogen-bond donors (Lipinski definition) is 0. The van der Waals surface area contributed by atoms with Crippen molar-refractivity contribution in [2.75, 3.05) is 0 Å². The van der Waals surface area contributed by atoms with Crippen LogP contribution in [0.25, 0.3) is 0 Å². The normalized spacial score (nSPS) is 11.3. The minimum Gasteiger partial charge on any atom is -0.149 e. The Bertz CT molecular complexity index is 1510. The van der Waals surface area contributed by atoms with Crippen molar-refractivity contribution in [2.45, 2.75) is 19.3 Å². The molecule has 0 N–H and O–H groups in total. The highest BCUT2D eigenvalue weighted by atomic mass is 35.6. The predicted octanol–water partition coefficient (Wildman–Crippen LogP) is 7.66. The third-order valence-electron chi connectivity index (χ3n) is 7.73. The van der Waals surface area contributed by atoms with Gasteiger partial charge in [-0.15, -0.1) is 11.1 Å². The summed E-state index contributed by atoms with van der Waals surface area (Å²) in [6, 6.07) is 59.0. The van der Waals surface area contributed by atoms with Crippen LogP contribution in [0.2, 0.25) is 0 Å². The second kappa shape index (κ2) is 12.6. The van der Waals surface area contributed by atoms with E-state index in [4.69, 9.17) is 11.1 Å². The lowest BCUT2D eigenvalue weighted by Crippen LogP contribution is -2.63. The first-order chi connectivity index (χ1) is 20.2. The van der Waals surface area contributed by atoms with E-state index in [0.717, 1.165) is 19.3 Å². The maximum absolute atomic E-state index is 8.08. The molecule has 0 amide bonds. The Hall–Kier alpha value is -4.17. The van der Waals surface area contributed by atoms with Crippen molar-refractivity contribution in [3.63, 3.8) is 0 Å². The van der Waals surface area contributed by atoms with Gasteiger partial charge in [0.25, 0.3) is 0 Å².